The largest absolute Gasteiger partial charge is 0.478 e. The Morgan fingerprint density at radius 1 is 1.12 bits per heavy atom. The molecule has 0 amide bonds. The summed E-state index contributed by atoms with van der Waals surface area (Å²) in [5.41, 5.74) is 3.30. The van der Waals surface area contributed by atoms with Gasteiger partial charge in [0, 0.05) is 17.8 Å². The molecule has 0 saturated heterocycles. The van der Waals surface area contributed by atoms with Crippen molar-refractivity contribution in [2.75, 3.05) is 11.4 Å². The molecule has 8 heteroatoms. The molecule has 0 fully saturated rings. The van der Waals surface area contributed by atoms with Crippen molar-refractivity contribution in [3.8, 4) is 0 Å². The first-order valence-corrected chi connectivity index (χ1v) is 10.8. The lowest BCUT2D eigenvalue weighted by molar-refractivity contribution is -0.137. The zero-order valence-electron chi connectivity index (χ0n) is 18.5. The summed E-state index contributed by atoms with van der Waals surface area (Å²) in [7, 11) is 0. The molecule has 2 aromatic carbocycles. The molecule has 176 valence electrons. The van der Waals surface area contributed by atoms with Crippen molar-refractivity contribution in [3.05, 3.63) is 107 Å². The van der Waals surface area contributed by atoms with Gasteiger partial charge in [0.05, 0.1) is 28.2 Å². The molecule has 4 rings (SSSR count). The molecular weight excluding hydrogens is 443 g/mol. The van der Waals surface area contributed by atoms with Crippen LogP contribution in [0.3, 0.4) is 0 Å². The molecule has 2 aliphatic heterocycles. The van der Waals surface area contributed by atoms with Crippen LogP contribution in [-0.2, 0) is 17.4 Å². The number of nitrogens with zero attached hydrogens (tertiary/aromatic N) is 1. The highest BCUT2D eigenvalue weighted by molar-refractivity contribution is 5.89. The number of benzene rings is 2. The molecule has 2 aromatic rings. The standard InChI is InChI=1S/C26H24F3N3O2/c1-3-20-21(14-16(2)25(33)34)31-24(23(30-20)17-8-5-4-6-9-17)32-13-7-10-18-15-19(26(27,28)29)11-12-22(18)32/h3-6,8-9,11-12,14-15,30-31H,2,7,10,13H2,1H3,(H,33,34)/b20-3+,21-14+. The van der Waals surface area contributed by atoms with Crippen molar-refractivity contribution in [2.24, 2.45) is 0 Å². The fourth-order valence-corrected chi connectivity index (χ4v) is 4.12. The summed E-state index contributed by atoms with van der Waals surface area (Å²) >= 11 is 0. The van der Waals surface area contributed by atoms with Gasteiger partial charge in [-0.1, -0.05) is 43.0 Å². The summed E-state index contributed by atoms with van der Waals surface area (Å²) in [6, 6.07) is 13.4. The number of nitrogens with one attached hydrogen (secondary N) is 2. The van der Waals surface area contributed by atoms with Gasteiger partial charge in [-0.3, -0.25) is 0 Å². The molecule has 0 aliphatic carbocycles. The van der Waals surface area contributed by atoms with Gasteiger partial charge in [-0.2, -0.15) is 13.2 Å². The Morgan fingerprint density at radius 2 is 1.85 bits per heavy atom. The van der Waals surface area contributed by atoms with Gasteiger partial charge < -0.3 is 20.6 Å². The maximum Gasteiger partial charge on any atom is 0.416 e. The number of carbonyl (C=O) groups is 1. The van der Waals surface area contributed by atoms with Crippen molar-refractivity contribution >= 4 is 17.4 Å². The van der Waals surface area contributed by atoms with E-state index in [4.69, 9.17) is 0 Å². The zero-order chi connectivity index (χ0) is 24.5. The van der Waals surface area contributed by atoms with E-state index in [1.54, 1.807) is 0 Å². The minimum atomic E-state index is -4.41. The van der Waals surface area contributed by atoms with Crippen molar-refractivity contribution < 1.29 is 23.1 Å². The zero-order valence-corrected chi connectivity index (χ0v) is 18.5. The number of fused-ring (bicyclic) bond motifs is 1. The van der Waals surface area contributed by atoms with Crippen LogP contribution in [0.2, 0.25) is 0 Å². The number of allylic oxidation sites excluding steroid dienone is 1. The van der Waals surface area contributed by atoms with Crippen LogP contribution < -0.4 is 15.5 Å². The minimum Gasteiger partial charge on any atom is -0.478 e. The Bertz CT molecular complexity index is 1230. The second-order valence-electron chi connectivity index (χ2n) is 8.03. The van der Waals surface area contributed by atoms with E-state index < -0.39 is 17.7 Å². The van der Waals surface area contributed by atoms with Crippen LogP contribution in [0.4, 0.5) is 18.9 Å². The molecule has 0 aromatic heterocycles. The summed E-state index contributed by atoms with van der Waals surface area (Å²) in [5.74, 6) is -0.519. The number of carboxylic acid groups (broad SMARTS) is 1. The number of aliphatic carboxylic acids is 1. The minimum absolute atomic E-state index is 0.0972. The molecule has 2 heterocycles. The van der Waals surface area contributed by atoms with Gasteiger partial charge in [-0.05, 0) is 49.6 Å². The van der Waals surface area contributed by atoms with E-state index in [1.807, 2.05) is 48.2 Å². The highest BCUT2D eigenvalue weighted by Crippen LogP contribution is 2.38. The maximum atomic E-state index is 13.3. The number of hydrogen-bond acceptors (Lipinski definition) is 4. The lowest BCUT2D eigenvalue weighted by atomic mass is 9.98. The molecule has 0 spiro atoms. The third kappa shape index (κ3) is 4.57. The Morgan fingerprint density at radius 3 is 2.50 bits per heavy atom. The second-order valence-corrected chi connectivity index (χ2v) is 8.03. The van der Waals surface area contributed by atoms with Crippen LogP contribution >= 0.6 is 0 Å². The topological polar surface area (TPSA) is 64.6 Å². The third-order valence-corrected chi connectivity index (χ3v) is 5.78. The predicted octanol–water partition coefficient (Wildman–Crippen LogP) is 5.41. The number of carboxylic acids is 1. The van der Waals surface area contributed by atoms with E-state index in [1.165, 1.54) is 18.2 Å². The van der Waals surface area contributed by atoms with Crippen LogP contribution in [-0.4, -0.2) is 17.6 Å². The molecule has 34 heavy (non-hydrogen) atoms. The number of halogens is 3. The van der Waals surface area contributed by atoms with Crippen molar-refractivity contribution in [1.29, 1.82) is 0 Å². The predicted molar refractivity (Wildman–Crippen MR) is 125 cm³/mol. The summed E-state index contributed by atoms with van der Waals surface area (Å²) in [6.07, 6.45) is 0.0382. The number of rotatable bonds is 4. The summed E-state index contributed by atoms with van der Waals surface area (Å²) in [4.78, 5) is 13.3. The number of anilines is 1. The molecule has 0 unspecified atom stereocenters. The van der Waals surface area contributed by atoms with Crippen LogP contribution in [0.1, 0.15) is 30.0 Å². The highest BCUT2D eigenvalue weighted by Gasteiger charge is 2.33. The van der Waals surface area contributed by atoms with Crippen LogP contribution in [0, 0.1) is 0 Å². The van der Waals surface area contributed by atoms with Crippen molar-refractivity contribution in [2.45, 2.75) is 25.9 Å². The Labute approximate surface area is 195 Å². The van der Waals surface area contributed by atoms with Gasteiger partial charge >= 0.3 is 12.1 Å². The van der Waals surface area contributed by atoms with Gasteiger partial charge in [-0.25, -0.2) is 4.79 Å². The van der Waals surface area contributed by atoms with E-state index in [0.29, 0.717) is 47.9 Å². The smallest absolute Gasteiger partial charge is 0.416 e. The van der Waals surface area contributed by atoms with Crippen molar-refractivity contribution in [1.82, 2.24) is 10.6 Å². The van der Waals surface area contributed by atoms with Crippen LogP contribution in [0.5, 0.6) is 0 Å². The Hall–Kier alpha value is -3.94. The van der Waals surface area contributed by atoms with Gasteiger partial charge in [0.2, 0.25) is 0 Å². The lowest BCUT2D eigenvalue weighted by Gasteiger charge is -2.39. The fraction of sp³-hybridized carbons (Fsp3) is 0.192. The molecule has 0 radical (unpaired) electrons. The SMILES string of the molecule is C=C(/C=C1/NC(N2CCCc3cc(C(F)(F)F)ccc32)=C(c2ccccc2)N/C1=C/C)C(=O)O. The average molecular weight is 467 g/mol. The van der Waals surface area contributed by atoms with E-state index >= 15 is 0 Å². The monoisotopic (exact) mass is 467 g/mol. The van der Waals surface area contributed by atoms with Gasteiger partial charge in [0.1, 0.15) is 5.82 Å². The molecule has 5 nitrogen and oxygen atoms in total. The Kier molecular flexibility index (Phi) is 6.24. The lowest BCUT2D eigenvalue weighted by Crippen LogP contribution is -2.42. The van der Waals surface area contributed by atoms with Crippen LogP contribution in [0.25, 0.3) is 5.70 Å². The van der Waals surface area contributed by atoms with E-state index in [-0.39, 0.29) is 5.57 Å². The normalized spacial score (nSPS) is 18.4. The number of alkyl halides is 3. The molecule has 2 aliphatic rings. The summed E-state index contributed by atoms with van der Waals surface area (Å²) < 4.78 is 39.9. The molecule has 0 bridgehead atoms. The fourth-order valence-electron chi connectivity index (χ4n) is 4.12. The average Bonchev–Trinajstić information content (AvgIpc) is 2.83. The van der Waals surface area contributed by atoms with Gasteiger partial charge in [0.15, 0.2) is 0 Å². The second kappa shape index (κ2) is 9.13. The Balaban J connectivity index is 1.87. The first kappa shape index (κ1) is 23.2. The quantitative estimate of drug-likeness (QED) is 0.525. The third-order valence-electron chi connectivity index (χ3n) is 5.78. The maximum absolute atomic E-state index is 13.3. The van der Waals surface area contributed by atoms with Gasteiger partial charge in [0.25, 0.3) is 0 Å². The van der Waals surface area contributed by atoms with E-state index in [0.717, 1.165) is 17.3 Å². The molecule has 0 saturated carbocycles. The number of hydrogen-bond donors (Lipinski definition) is 3. The van der Waals surface area contributed by atoms with Gasteiger partial charge in [-0.15, -0.1) is 0 Å². The molecule has 0 atom stereocenters. The molecule has 3 N–H and O–H groups in total. The number of aryl methyl sites for hydroxylation is 1. The summed E-state index contributed by atoms with van der Waals surface area (Å²) in [6.45, 7) is 6.00. The summed E-state index contributed by atoms with van der Waals surface area (Å²) in [5, 5.41) is 16.0. The van der Waals surface area contributed by atoms with Crippen molar-refractivity contribution in [3.63, 3.8) is 0 Å². The van der Waals surface area contributed by atoms with E-state index in [2.05, 4.69) is 17.2 Å². The molecular formula is C26H24F3N3O2. The van der Waals surface area contributed by atoms with Crippen LogP contribution in [0.15, 0.2) is 90.1 Å². The van der Waals surface area contributed by atoms with E-state index in [9.17, 15) is 23.1 Å². The highest BCUT2D eigenvalue weighted by atomic mass is 19.4. The first-order chi connectivity index (χ1) is 16.2. The first-order valence-electron chi connectivity index (χ1n) is 10.8.